The first-order chi connectivity index (χ1) is 11.7. The number of nitrogens with two attached hydrogens (primary N) is 1. The summed E-state index contributed by atoms with van der Waals surface area (Å²) in [5.41, 5.74) is 6.75. The second kappa shape index (κ2) is 7.05. The van der Waals surface area contributed by atoms with Crippen molar-refractivity contribution in [1.82, 2.24) is 0 Å². The van der Waals surface area contributed by atoms with E-state index in [2.05, 4.69) is 0 Å². The van der Waals surface area contributed by atoms with Crippen LogP contribution < -0.4 is 10.5 Å². The number of hydrogen-bond acceptors (Lipinski definition) is 3. The van der Waals surface area contributed by atoms with E-state index in [4.69, 9.17) is 15.2 Å². The molecule has 0 spiro atoms. The summed E-state index contributed by atoms with van der Waals surface area (Å²) in [7, 11) is 0. The van der Waals surface area contributed by atoms with E-state index < -0.39 is 0 Å². The molecule has 0 aliphatic heterocycles. The van der Waals surface area contributed by atoms with Crippen LogP contribution in [0.3, 0.4) is 0 Å². The smallest absolute Gasteiger partial charge is 0.196 e. The second-order valence-electron chi connectivity index (χ2n) is 8.29. The lowest BCUT2D eigenvalue weighted by Crippen LogP contribution is -2.45. The molecule has 0 aromatic heterocycles. The molecule has 0 amide bonds. The Labute approximate surface area is 145 Å². The van der Waals surface area contributed by atoms with Crippen molar-refractivity contribution < 1.29 is 9.47 Å². The highest BCUT2D eigenvalue weighted by Crippen LogP contribution is 2.57. The molecule has 3 heteroatoms. The van der Waals surface area contributed by atoms with Gasteiger partial charge >= 0.3 is 0 Å². The van der Waals surface area contributed by atoms with Gasteiger partial charge < -0.3 is 15.2 Å². The Morgan fingerprint density at radius 3 is 2.21 bits per heavy atom. The monoisotopic (exact) mass is 329 g/mol. The topological polar surface area (TPSA) is 44.5 Å². The molecule has 4 bridgehead atoms. The zero-order valence-electron chi connectivity index (χ0n) is 14.8. The lowest BCUT2D eigenvalue weighted by molar-refractivity contribution is -0.0913. The van der Waals surface area contributed by atoms with Crippen molar-refractivity contribution in [3.05, 3.63) is 29.8 Å². The van der Waals surface area contributed by atoms with E-state index >= 15 is 0 Å². The van der Waals surface area contributed by atoms with E-state index in [1.807, 2.05) is 31.2 Å². The Hall–Kier alpha value is -1.06. The van der Waals surface area contributed by atoms with Crippen molar-refractivity contribution in [2.24, 2.45) is 35.3 Å². The van der Waals surface area contributed by atoms with Crippen LogP contribution in [0, 0.1) is 29.6 Å². The van der Waals surface area contributed by atoms with Crippen molar-refractivity contribution >= 4 is 0 Å². The molecular formula is C21H31NO2. The van der Waals surface area contributed by atoms with Crippen molar-refractivity contribution in [1.29, 1.82) is 0 Å². The maximum atomic E-state index is 5.96. The van der Waals surface area contributed by atoms with Crippen LogP contribution in [0.5, 0.6) is 5.75 Å². The Kier molecular flexibility index (Phi) is 4.82. The summed E-state index contributed by atoms with van der Waals surface area (Å²) in [5.74, 6) is 5.87. The van der Waals surface area contributed by atoms with Gasteiger partial charge in [-0.05, 0) is 92.7 Å². The van der Waals surface area contributed by atoms with Gasteiger partial charge in [-0.2, -0.15) is 0 Å². The minimum absolute atomic E-state index is 0.189. The summed E-state index contributed by atoms with van der Waals surface area (Å²) >= 11 is 0. The van der Waals surface area contributed by atoms with Crippen LogP contribution in [0.25, 0.3) is 0 Å². The first-order valence-electron chi connectivity index (χ1n) is 9.78. The highest BCUT2D eigenvalue weighted by Gasteiger charge is 2.47. The normalized spacial score (nSPS) is 35.2. The summed E-state index contributed by atoms with van der Waals surface area (Å²) in [6.07, 6.45) is 8.55. The lowest BCUT2D eigenvalue weighted by Gasteiger charge is -2.54. The van der Waals surface area contributed by atoms with Gasteiger partial charge in [0, 0.05) is 6.54 Å². The third kappa shape index (κ3) is 3.48. The van der Waals surface area contributed by atoms with Crippen molar-refractivity contribution in [2.45, 2.75) is 58.3 Å². The Morgan fingerprint density at radius 2 is 1.62 bits per heavy atom. The molecule has 4 aliphatic rings. The molecule has 132 valence electrons. The number of rotatable bonds is 7. The molecule has 1 aromatic rings. The van der Waals surface area contributed by atoms with Gasteiger partial charge in [-0.25, -0.2) is 0 Å². The van der Waals surface area contributed by atoms with Crippen LogP contribution >= 0.6 is 0 Å². The molecular weight excluding hydrogens is 298 g/mol. The van der Waals surface area contributed by atoms with Gasteiger partial charge in [0.2, 0.25) is 0 Å². The van der Waals surface area contributed by atoms with Crippen molar-refractivity contribution in [2.75, 3.05) is 6.61 Å². The molecule has 24 heavy (non-hydrogen) atoms. The van der Waals surface area contributed by atoms with E-state index in [9.17, 15) is 0 Å². The van der Waals surface area contributed by atoms with Gasteiger partial charge in [-0.15, -0.1) is 0 Å². The molecule has 4 fully saturated rings. The number of benzene rings is 1. The predicted octanol–water partition coefficient (Wildman–Crippen LogP) is 4.35. The van der Waals surface area contributed by atoms with Crippen molar-refractivity contribution in [3.8, 4) is 5.75 Å². The van der Waals surface area contributed by atoms with Crippen LogP contribution in [0.4, 0.5) is 0 Å². The fourth-order valence-electron chi connectivity index (χ4n) is 5.81. The van der Waals surface area contributed by atoms with Crippen LogP contribution in [-0.4, -0.2) is 12.9 Å². The maximum Gasteiger partial charge on any atom is 0.196 e. The molecule has 1 aromatic carbocycles. The number of ether oxygens (including phenoxy) is 2. The molecule has 4 aliphatic carbocycles. The van der Waals surface area contributed by atoms with E-state index in [0.717, 1.165) is 47.5 Å². The van der Waals surface area contributed by atoms with Gasteiger partial charge in [0.15, 0.2) is 6.29 Å². The largest absolute Gasteiger partial charge is 0.465 e. The second-order valence-corrected chi connectivity index (χ2v) is 8.29. The van der Waals surface area contributed by atoms with Crippen LogP contribution in [0.1, 0.15) is 51.0 Å². The minimum Gasteiger partial charge on any atom is -0.465 e. The fourth-order valence-corrected chi connectivity index (χ4v) is 5.81. The standard InChI is InChI=1S/C21H31NO2/c1-14(24-20-4-2-15(13-22)3-5-20)23-7-6-21-18-9-16-8-17(11-18)12-19(21)10-16/h2-5,14,16-19,21H,6-13,22H2,1H3. The Balaban J connectivity index is 1.22. The molecule has 3 nitrogen and oxygen atoms in total. The quantitative estimate of drug-likeness (QED) is 0.756. The zero-order valence-corrected chi connectivity index (χ0v) is 14.8. The number of hydrogen-bond donors (Lipinski definition) is 1. The van der Waals surface area contributed by atoms with E-state index in [1.54, 1.807) is 0 Å². The Morgan fingerprint density at radius 1 is 1.00 bits per heavy atom. The molecule has 0 radical (unpaired) electrons. The molecule has 2 N–H and O–H groups in total. The summed E-state index contributed by atoms with van der Waals surface area (Å²) in [6.45, 7) is 3.39. The van der Waals surface area contributed by atoms with Gasteiger partial charge in [-0.3, -0.25) is 0 Å². The first kappa shape index (κ1) is 16.4. The molecule has 4 saturated carbocycles. The van der Waals surface area contributed by atoms with E-state index in [0.29, 0.717) is 6.54 Å². The van der Waals surface area contributed by atoms with Crippen LogP contribution in [-0.2, 0) is 11.3 Å². The summed E-state index contributed by atoms with van der Waals surface area (Å²) in [5, 5.41) is 0. The van der Waals surface area contributed by atoms with E-state index in [-0.39, 0.29) is 6.29 Å². The SMILES string of the molecule is CC(OCCC1C2CC3CC(C2)CC1C3)Oc1ccc(CN)cc1. The Bertz CT molecular complexity index is 513. The summed E-state index contributed by atoms with van der Waals surface area (Å²) in [6, 6.07) is 7.97. The highest BCUT2D eigenvalue weighted by molar-refractivity contribution is 5.27. The minimum atomic E-state index is -0.189. The van der Waals surface area contributed by atoms with Crippen LogP contribution in [0.2, 0.25) is 0 Å². The maximum absolute atomic E-state index is 5.96. The predicted molar refractivity (Wildman–Crippen MR) is 95.5 cm³/mol. The average Bonchev–Trinajstić information content (AvgIpc) is 2.57. The van der Waals surface area contributed by atoms with Crippen LogP contribution in [0.15, 0.2) is 24.3 Å². The third-order valence-corrected chi connectivity index (χ3v) is 6.69. The van der Waals surface area contributed by atoms with E-state index in [1.165, 1.54) is 38.5 Å². The molecule has 1 atom stereocenters. The molecule has 0 saturated heterocycles. The third-order valence-electron chi connectivity index (χ3n) is 6.69. The van der Waals surface area contributed by atoms with Gasteiger partial charge in [0.25, 0.3) is 0 Å². The average molecular weight is 329 g/mol. The van der Waals surface area contributed by atoms with Gasteiger partial charge in [0.1, 0.15) is 5.75 Å². The summed E-state index contributed by atoms with van der Waals surface area (Å²) < 4.78 is 11.8. The molecule has 0 heterocycles. The lowest BCUT2D eigenvalue weighted by atomic mass is 9.51. The molecule has 1 unspecified atom stereocenters. The fraction of sp³-hybridized carbons (Fsp3) is 0.714. The summed E-state index contributed by atoms with van der Waals surface area (Å²) in [4.78, 5) is 0. The van der Waals surface area contributed by atoms with Crippen molar-refractivity contribution in [3.63, 3.8) is 0 Å². The molecule has 5 rings (SSSR count). The zero-order chi connectivity index (χ0) is 16.5. The van der Waals surface area contributed by atoms with Gasteiger partial charge in [0.05, 0.1) is 6.61 Å². The first-order valence-corrected chi connectivity index (χ1v) is 9.78. The van der Waals surface area contributed by atoms with Gasteiger partial charge in [-0.1, -0.05) is 12.1 Å². The highest BCUT2D eigenvalue weighted by atomic mass is 16.7.